The van der Waals surface area contributed by atoms with Gasteiger partial charge >= 0.3 is 5.97 Å². The van der Waals surface area contributed by atoms with Crippen LogP contribution in [0.15, 0.2) is 35.9 Å². The van der Waals surface area contributed by atoms with Gasteiger partial charge in [-0.1, -0.05) is 50.6 Å². The Labute approximate surface area is 181 Å². The summed E-state index contributed by atoms with van der Waals surface area (Å²) in [5, 5.41) is 6.67. The molecule has 0 atom stereocenters. The predicted octanol–water partition coefficient (Wildman–Crippen LogP) is 4.36. The number of hydrogen-bond acceptors (Lipinski definition) is 4. The molecule has 1 aromatic rings. The maximum Gasteiger partial charge on any atom is 0.330 e. The van der Waals surface area contributed by atoms with Gasteiger partial charge < -0.3 is 15.4 Å². The number of hydrogen-bond donors (Lipinski definition) is 2. The van der Waals surface area contributed by atoms with Crippen molar-refractivity contribution in [3.8, 4) is 0 Å². The Morgan fingerprint density at radius 1 is 1.17 bits per heavy atom. The molecule has 1 fully saturated rings. The second-order valence-electron chi connectivity index (χ2n) is 9.23. The smallest absolute Gasteiger partial charge is 0.330 e. The molecule has 0 radical (unpaired) electrons. The molecule has 2 N–H and O–H groups in total. The molecule has 0 aromatic heterocycles. The van der Waals surface area contributed by atoms with Gasteiger partial charge in [0, 0.05) is 25.1 Å². The van der Waals surface area contributed by atoms with E-state index in [9.17, 15) is 9.59 Å². The minimum atomic E-state index is -0.238. The van der Waals surface area contributed by atoms with Crippen LogP contribution in [0.2, 0.25) is 0 Å². The summed E-state index contributed by atoms with van der Waals surface area (Å²) in [5.41, 5.74) is 3.77. The maximum absolute atomic E-state index is 11.8. The van der Waals surface area contributed by atoms with Gasteiger partial charge in [-0.25, -0.2) is 4.79 Å². The van der Waals surface area contributed by atoms with Gasteiger partial charge in [-0.2, -0.15) is 0 Å². The van der Waals surface area contributed by atoms with Crippen LogP contribution in [-0.2, 0) is 25.3 Å². The van der Waals surface area contributed by atoms with Gasteiger partial charge in [0.2, 0.25) is 5.91 Å². The molecule has 0 unspecified atom stereocenters. The monoisotopic (exact) mass is 414 g/mol. The van der Waals surface area contributed by atoms with E-state index < -0.39 is 0 Å². The molecule has 30 heavy (non-hydrogen) atoms. The van der Waals surface area contributed by atoms with E-state index in [0.29, 0.717) is 13.2 Å². The number of nitrogens with one attached hydrogen (secondary N) is 2. The third-order valence-corrected chi connectivity index (χ3v) is 5.83. The highest BCUT2D eigenvalue weighted by Crippen LogP contribution is 2.40. The van der Waals surface area contributed by atoms with E-state index in [2.05, 4.69) is 55.7 Å². The van der Waals surface area contributed by atoms with Crippen molar-refractivity contribution >= 4 is 11.9 Å². The number of esters is 1. The van der Waals surface area contributed by atoms with Gasteiger partial charge in [0.15, 0.2) is 0 Å². The largest absolute Gasteiger partial charge is 0.463 e. The summed E-state index contributed by atoms with van der Waals surface area (Å²) in [6.07, 6.45) is 6.17. The van der Waals surface area contributed by atoms with Crippen LogP contribution < -0.4 is 10.6 Å². The molecule has 0 bridgehead atoms. The van der Waals surface area contributed by atoms with Gasteiger partial charge in [0.05, 0.1) is 6.61 Å². The zero-order valence-electron chi connectivity index (χ0n) is 19.3. The third kappa shape index (κ3) is 6.98. The molecular formula is C25H38N2O3. The Hall–Kier alpha value is -2.14. The fourth-order valence-corrected chi connectivity index (χ4v) is 4.02. The molecule has 0 heterocycles. The van der Waals surface area contributed by atoms with Gasteiger partial charge in [0.25, 0.3) is 0 Å². The summed E-state index contributed by atoms with van der Waals surface area (Å²) < 4.78 is 5.08. The number of ether oxygens (including phenoxy) is 1. The summed E-state index contributed by atoms with van der Waals surface area (Å²) in [4.78, 5) is 23.0. The Morgan fingerprint density at radius 3 is 2.47 bits per heavy atom. The van der Waals surface area contributed by atoms with Crippen LogP contribution in [0.3, 0.4) is 0 Å². The minimum absolute atomic E-state index is 0.00834. The maximum atomic E-state index is 11.8. The molecule has 1 aliphatic carbocycles. The molecule has 0 saturated heterocycles. The molecule has 5 heteroatoms. The van der Waals surface area contributed by atoms with Crippen molar-refractivity contribution in [2.24, 2.45) is 0 Å². The van der Waals surface area contributed by atoms with Gasteiger partial charge in [-0.3, -0.25) is 4.79 Å². The van der Waals surface area contributed by atoms with Crippen LogP contribution in [0.4, 0.5) is 0 Å². The zero-order valence-corrected chi connectivity index (χ0v) is 19.3. The molecule has 1 saturated carbocycles. The van der Waals surface area contributed by atoms with Crippen LogP contribution in [-0.4, -0.2) is 31.6 Å². The lowest BCUT2D eigenvalue weighted by Crippen LogP contribution is -2.45. The van der Waals surface area contributed by atoms with Crippen LogP contribution in [0, 0.1) is 0 Å². The summed E-state index contributed by atoms with van der Waals surface area (Å²) in [6, 6.07) is 8.90. The molecule has 5 nitrogen and oxygen atoms in total. The molecule has 0 aliphatic heterocycles. The normalized spacial score (nSPS) is 19.3. The van der Waals surface area contributed by atoms with Crippen molar-refractivity contribution in [1.82, 2.24) is 10.6 Å². The number of amides is 1. The molecule has 0 spiro atoms. The van der Waals surface area contributed by atoms with Gasteiger partial charge in [-0.05, 0) is 62.1 Å². The van der Waals surface area contributed by atoms with E-state index in [1.54, 1.807) is 13.0 Å². The van der Waals surface area contributed by atoms with Crippen molar-refractivity contribution in [2.75, 3.05) is 19.7 Å². The van der Waals surface area contributed by atoms with Crippen molar-refractivity contribution in [3.63, 3.8) is 0 Å². The number of carbonyl (C=O) groups excluding carboxylic acids is 2. The first-order chi connectivity index (χ1) is 14.2. The Bertz CT molecular complexity index is 752. The van der Waals surface area contributed by atoms with E-state index in [1.807, 2.05) is 6.92 Å². The first-order valence-corrected chi connectivity index (χ1v) is 11.1. The second kappa shape index (κ2) is 10.8. The lowest BCUT2D eigenvalue weighted by molar-refractivity contribution is -0.137. The van der Waals surface area contributed by atoms with Crippen molar-refractivity contribution < 1.29 is 14.3 Å². The summed E-state index contributed by atoms with van der Waals surface area (Å²) in [6.45, 7) is 12.0. The number of allylic oxidation sites excluding steroid dienone is 1. The topological polar surface area (TPSA) is 67.4 Å². The first-order valence-electron chi connectivity index (χ1n) is 11.1. The molecule has 1 amide bonds. The molecular weight excluding hydrogens is 376 g/mol. The highest BCUT2D eigenvalue weighted by atomic mass is 16.5. The minimum Gasteiger partial charge on any atom is -0.463 e. The summed E-state index contributed by atoms with van der Waals surface area (Å²) in [7, 11) is 0. The first kappa shape index (κ1) is 24.1. The molecule has 1 aromatic carbocycles. The van der Waals surface area contributed by atoms with E-state index >= 15 is 0 Å². The predicted molar refractivity (Wildman–Crippen MR) is 121 cm³/mol. The lowest BCUT2D eigenvalue weighted by atomic mass is 9.73. The Kier molecular flexibility index (Phi) is 8.65. The molecule has 2 rings (SSSR count). The highest BCUT2D eigenvalue weighted by Gasteiger charge is 2.35. The fraction of sp³-hybridized carbons (Fsp3) is 0.600. The quantitative estimate of drug-likeness (QED) is 0.377. The average Bonchev–Trinajstić information content (AvgIpc) is 2.68. The Balaban J connectivity index is 2.18. The third-order valence-electron chi connectivity index (χ3n) is 5.83. The van der Waals surface area contributed by atoms with Crippen LogP contribution in [0.5, 0.6) is 0 Å². The van der Waals surface area contributed by atoms with Crippen LogP contribution in [0.1, 0.15) is 77.8 Å². The van der Waals surface area contributed by atoms with Crippen molar-refractivity contribution in [1.29, 1.82) is 0 Å². The van der Waals surface area contributed by atoms with Gasteiger partial charge in [-0.15, -0.1) is 0 Å². The standard InChI is InChI=1S/C25H38N2O3/c1-6-30-23(29)17-20-11-13-25(14-12-20,27-16-8-15-26-19(2)28)22-10-7-9-21(18-22)24(3,4)5/h7,9-10,17-18,27H,6,8,11-16H2,1-5H3,(H,26,28). The van der Waals surface area contributed by atoms with E-state index in [4.69, 9.17) is 4.74 Å². The van der Waals surface area contributed by atoms with Gasteiger partial charge in [0.1, 0.15) is 0 Å². The van der Waals surface area contributed by atoms with E-state index in [0.717, 1.165) is 44.2 Å². The second-order valence-corrected chi connectivity index (χ2v) is 9.23. The van der Waals surface area contributed by atoms with Crippen LogP contribution in [0.25, 0.3) is 0 Å². The zero-order chi connectivity index (χ0) is 22.2. The highest BCUT2D eigenvalue weighted by molar-refractivity contribution is 5.82. The number of carbonyl (C=O) groups is 2. The SMILES string of the molecule is CCOC(=O)C=C1CCC(NCCCNC(C)=O)(c2cccc(C(C)(C)C)c2)CC1. The van der Waals surface area contributed by atoms with Crippen LogP contribution >= 0.6 is 0 Å². The average molecular weight is 415 g/mol. The van der Waals surface area contributed by atoms with Crippen molar-refractivity contribution in [2.45, 2.75) is 77.7 Å². The molecule has 166 valence electrons. The number of benzene rings is 1. The van der Waals surface area contributed by atoms with Crippen molar-refractivity contribution in [3.05, 3.63) is 47.0 Å². The lowest BCUT2D eigenvalue weighted by Gasteiger charge is -2.40. The summed E-state index contributed by atoms with van der Waals surface area (Å²) >= 11 is 0. The summed E-state index contributed by atoms with van der Waals surface area (Å²) in [5.74, 6) is -0.230. The molecule has 1 aliphatic rings. The van der Waals surface area contributed by atoms with E-state index in [-0.39, 0.29) is 22.8 Å². The number of rotatable bonds is 8. The fourth-order valence-electron chi connectivity index (χ4n) is 4.02. The van der Waals surface area contributed by atoms with E-state index in [1.165, 1.54) is 11.1 Å². The Morgan fingerprint density at radius 2 is 1.87 bits per heavy atom.